The Kier molecular flexibility index (Phi) is 12.5. The van der Waals surface area contributed by atoms with Crippen LogP contribution in [0.1, 0.15) is 61.5 Å². The molecule has 11 rings (SSSR count). The summed E-state index contributed by atoms with van der Waals surface area (Å²) in [6.45, 7) is 0. The lowest BCUT2D eigenvalue weighted by atomic mass is 9.76. The van der Waals surface area contributed by atoms with Gasteiger partial charge in [-0.15, -0.1) is 0 Å². The summed E-state index contributed by atoms with van der Waals surface area (Å²) in [6, 6.07) is 66.7. The number of anilines is 4. The predicted octanol–water partition coefficient (Wildman–Crippen LogP) is 18.1. The van der Waals surface area contributed by atoms with Gasteiger partial charge in [-0.25, -0.2) is 0 Å². The third-order valence-electron chi connectivity index (χ3n) is 14.0. The average molecular weight is 877 g/mol. The SMILES string of the molecule is C1=CCC(c2cc(N(C3=CCCC=C3)c3ccc(-c4ccccc4)cc3)ccc2-c2ccccc2C2CC=CC=C2C2=CC=C(N(c3ccccc3)c3ccc(-c4ccccc4)cc3)CC2)C=C1. The van der Waals surface area contributed by atoms with E-state index in [4.69, 9.17) is 0 Å². The lowest BCUT2D eigenvalue weighted by molar-refractivity contribution is 0.773. The molecule has 0 fully saturated rings. The molecule has 4 aliphatic rings. The normalized spacial score (nSPS) is 17.5. The zero-order valence-electron chi connectivity index (χ0n) is 38.5. The first-order valence-electron chi connectivity index (χ1n) is 24.4. The van der Waals surface area contributed by atoms with Crippen LogP contribution in [-0.4, -0.2) is 0 Å². The van der Waals surface area contributed by atoms with Crippen molar-refractivity contribution in [2.45, 2.75) is 50.4 Å². The van der Waals surface area contributed by atoms with Crippen LogP contribution in [0.2, 0.25) is 0 Å². The summed E-state index contributed by atoms with van der Waals surface area (Å²) in [5.74, 6) is 0.494. The maximum Gasteiger partial charge on any atom is 0.0464 e. The summed E-state index contributed by atoms with van der Waals surface area (Å²) >= 11 is 0. The number of hydrogen-bond acceptors (Lipinski definition) is 2. The minimum atomic E-state index is 0.236. The number of hydrogen-bond donors (Lipinski definition) is 0. The van der Waals surface area contributed by atoms with E-state index in [-0.39, 0.29) is 11.8 Å². The van der Waals surface area contributed by atoms with Crippen LogP contribution in [0, 0.1) is 0 Å². The molecule has 2 atom stereocenters. The monoisotopic (exact) mass is 876 g/mol. The second-order valence-electron chi connectivity index (χ2n) is 18.1. The van der Waals surface area contributed by atoms with Gasteiger partial charge in [-0.3, -0.25) is 0 Å². The first-order chi connectivity index (χ1) is 33.7. The fourth-order valence-electron chi connectivity index (χ4n) is 10.5. The van der Waals surface area contributed by atoms with Crippen molar-refractivity contribution in [3.8, 4) is 33.4 Å². The van der Waals surface area contributed by atoms with E-state index in [1.807, 2.05) is 0 Å². The molecule has 0 amide bonds. The molecular weight excluding hydrogens is 821 g/mol. The average Bonchev–Trinajstić information content (AvgIpc) is 3.43. The molecule has 0 spiro atoms. The Bertz CT molecular complexity index is 3140. The fraction of sp³-hybridized carbons (Fsp3) is 0.121. The van der Waals surface area contributed by atoms with Gasteiger partial charge in [0.05, 0.1) is 0 Å². The molecule has 7 aromatic rings. The van der Waals surface area contributed by atoms with E-state index in [0.29, 0.717) is 0 Å². The van der Waals surface area contributed by atoms with Gasteiger partial charge in [0.2, 0.25) is 0 Å². The van der Waals surface area contributed by atoms with Gasteiger partial charge in [0.15, 0.2) is 0 Å². The van der Waals surface area contributed by atoms with E-state index in [1.54, 1.807) is 0 Å². The molecule has 4 aliphatic carbocycles. The first-order valence-corrected chi connectivity index (χ1v) is 24.4. The van der Waals surface area contributed by atoms with E-state index in [0.717, 1.165) is 44.2 Å². The molecule has 0 heterocycles. The smallest absolute Gasteiger partial charge is 0.0464 e. The second kappa shape index (κ2) is 19.9. The molecule has 0 bridgehead atoms. The maximum absolute atomic E-state index is 2.48. The van der Waals surface area contributed by atoms with Crippen LogP contribution < -0.4 is 9.80 Å². The molecule has 0 aromatic heterocycles. The molecule has 330 valence electrons. The molecule has 2 nitrogen and oxygen atoms in total. The van der Waals surface area contributed by atoms with Crippen LogP contribution in [-0.2, 0) is 0 Å². The van der Waals surface area contributed by atoms with Crippen molar-refractivity contribution >= 4 is 22.7 Å². The molecule has 2 heteroatoms. The van der Waals surface area contributed by atoms with Crippen LogP contribution in [0.5, 0.6) is 0 Å². The fourth-order valence-corrected chi connectivity index (χ4v) is 10.5. The molecule has 2 unspecified atom stereocenters. The number of para-hydroxylation sites is 1. The van der Waals surface area contributed by atoms with Crippen molar-refractivity contribution in [2.24, 2.45) is 0 Å². The van der Waals surface area contributed by atoms with Gasteiger partial charge < -0.3 is 9.80 Å². The Balaban J connectivity index is 0.942. The topological polar surface area (TPSA) is 6.48 Å². The van der Waals surface area contributed by atoms with Crippen LogP contribution in [0.25, 0.3) is 33.4 Å². The van der Waals surface area contributed by atoms with Crippen LogP contribution in [0.3, 0.4) is 0 Å². The number of benzene rings is 7. The third kappa shape index (κ3) is 8.98. The number of allylic oxidation sites excluding steroid dienone is 15. The minimum Gasteiger partial charge on any atom is -0.314 e. The molecule has 0 saturated heterocycles. The van der Waals surface area contributed by atoms with E-state index in [1.165, 1.54) is 84.1 Å². The summed E-state index contributed by atoms with van der Waals surface area (Å²) in [6.07, 6.45) is 33.9. The van der Waals surface area contributed by atoms with Crippen molar-refractivity contribution in [2.75, 3.05) is 9.80 Å². The Morgan fingerprint density at radius 2 is 1.01 bits per heavy atom. The highest BCUT2D eigenvalue weighted by molar-refractivity contribution is 5.81. The van der Waals surface area contributed by atoms with Gasteiger partial charge in [-0.1, -0.05) is 194 Å². The largest absolute Gasteiger partial charge is 0.314 e. The molecule has 0 radical (unpaired) electrons. The van der Waals surface area contributed by atoms with Crippen molar-refractivity contribution in [1.82, 2.24) is 0 Å². The van der Waals surface area contributed by atoms with Gasteiger partial charge in [0.1, 0.15) is 0 Å². The van der Waals surface area contributed by atoms with E-state index in [2.05, 4.69) is 265 Å². The first kappa shape index (κ1) is 42.7. The van der Waals surface area contributed by atoms with Gasteiger partial charge in [0, 0.05) is 46.0 Å². The second-order valence-corrected chi connectivity index (χ2v) is 18.1. The lowest BCUT2D eigenvalue weighted by Gasteiger charge is -2.32. The highest BCUT2D eigenvalue weighted by Crippen LogP contribution is 2.47. The Labute approximate surface area is 403 Å². The van der Waals surface area contributed by atoms with Crippen LogP contribution in [0.4, 0.5) is 22.7 Å². The summed E-state index contributed by atoms with van der Waals surface area (Å²) in [5.41, 5.74) is 20.4. The lowest BCUT2D eigenvalue weighted by Crippen LogP contribution is -2.19. The Morgan fingerprint density at radius 1 is 0.412 bits per heavy atom. The van der Waals surface area contributed by atoms with Gasteiger partial charge in [-0.05, 0) is 155 Å². The molecule has 0 aliphatic heterocycles. The van der Waals surface area contributed by atoms with Crippen LogP contribution in [0.15, 0.2) is 277 Å². The van der Waals surface area contributed by atoms with Crippen molar-refractivity contribution in [3.05, 3.63) is 289 Å². The zero-order valence-corrected chi connectivity index (χ0v) is 38.5. The van der Waals surface area contributed by atoms with Gasteiger partial charge in [-0.2, -0.15) is 0 Å². The molecule has 68 heavy (non-hydrogen) atoms. The van der Waals surface area contributed by atoms with Crippen molar-refractivity contribution < 1.29 is 0 Å². The van der Waals surface area contributed by atoms with Gasteiger partial charge >= 0.3 is 0 Å². The number of rotatable bonds is 12. The summed E-state index contributed by atoms with van der Waals surface area (Å²) < 4.78 is 0. The molecule has 0 N–H and O–H groups in total. The summed E-state index contributed by atoms with van der Waals surface area (Å²) in [4.78, 5) is 4.89. The van der Waals surface area contributed by atoms with Crippen molar-refractivity contribution in [1.29, 1.82) is 0 Å². The quantitative estimate of drug-likeness (QED) is 0.121. The number of nitrogens with zero attached hydrogens (tertiary/aromatic N) is 2. The Hall–Kier alpha value is -7.94. The standard InChI is InChI=1S/C66H56N2/c1-6-20-49(21-7-1)51-34-40-57(41-35-51)67(55-26-12-4-13-27-55)58-44-38-54(39-45-58)61-30-16-17-31-62(61)63-32-18-19-33-64(63)65-47-46-60(48-66(65)53-24-10-3-11-25-53)68(56-28-14-5-15-29-56)59-42-36-52(37-43-59)50-22-8-2-9-23-50/h1-4,6-14,16-24,26-30,32-38,40-44,46-48,53,62H,5,15,25,31,39,45H2. The van der Waals surface area contributed by atoms with Crippen molar-refractivity contribution in [3.63, 3.8) is 0 Å². The maximum atomic E-state index is 2.48. The molecule has 7 aromatic carbocycles. The highest BCUT2D eigenvalue weighted by atomic mass is 15.2. The zero-order chi connectivity index (χ0) is 45.5. The molecule has 0 saturated carbocycles. The summed E-state index contributed by atoms with van der Waals surface area (Å²) in [5, 5.41) is 0. The minimum absolute atomic E-state index is 0.236. The third-order valence-corrected chi connectivity index (χ3v) is 14.0. The highest BCUT2D eigenvalue weighted by Gasteiger charge is 2.28. The van der Waals surface area contributed by atoms with Crippen LogP contribution >= 0.6 is 0 Å². The van der Waals surface area contributed by atoms with E-state index < -0.39 is 0 Å². The molecular formula is C66H56N2. The van der Waals surface area contributed by atoms with E-state index >= 15 is 0 Å². The predicted molar refractivity (Wildman–Crippen MR) is 288 cm³/mol. The van der Waals surface area contributed by atoms with Gasteiger partial charge in [0.25, 0.3) is 0 Å². The Morgan fingerprint density at radius 3 is 1.66 bits per heavy atom. The summed E-state index contributed by atoms with van der Waals surface area (Å²) in [7, 11) is 0. The van der Waals surface area contributed by atoms with E-state index in [9.17, 15) is 0 Å².